The molecule has 0 aliphatic rings. The fourth-order valence-electron chi connectivity index (χ4n) is 10.9. The normalized spacial score (nSPS) is 12.0. The van der Waals surface area contributed by atoms with Crippen LogP contribution in [0.5, 0.6) is 0 Å². The van der Waals surface area contributed by atoms with Gasteiger partial charge in [0.25, 0.3) is 0 Å². The van der Waals surface area contributed by atoms with E-state index in [1.807, 2.05) is 35.6 Å². The Hall–Kier alpha value is -9.17. The fourth-order valence-corrected chi connectivity index (χ4v) is 12.1. The molecular formula is C63H37N5OS. The van der Waals surface area contributed by atoms with Crippen LogP contribution in [0.2, 0.25) is 0 Å². The van der Waals surface area contributed by atoms with Crippen LogP contribution in [0, 0.1) is 0 Å². The minimum atomic E-state index is 0.540. The van der Waals surface area contributed by atoms with Gasteiger partial charge in [-0.3, -0.25) is 4.57 Å². The molecule has 0 N–H and O–H groups in total. The third-order valence-electron chi connectivity index (χ3n) is 14.0. The van der Waals surface area contributed by atoms with Crippen molar-refractivity contribution in [1.82, 2.24) is 24.1 Å². The molecule has 0 atom stereocenters. The molecule has 15 rings (SSSR count). The number of aromatic nitrogens is 5. The smallest absolute Gasteiger partial charge is 0.238 e. The Morgan fingerprint density at radius 2 is 0.929 bits per heavy atom. The number of thiophene rings is 1. The Bertz CT molecular complexity index is 4600. The average Bonchev–Trinajstić information content (AvgIpc) is 4.19. The van der Waals surface area contributed by atoms with Gasteiger partial charge in [0, 0.05) is 80.4 Å². The molecule has 0 spiro atoms. The standard InChI is InChI=1S/C63H37N5OS/c1-3-17-38(18-4-1)40-21-15-22-41(35-40)62-64-61(39-19-5-2-6-20-39)65-63(66-62)68-54-30-12-8-24-44(54)48-34-33-47-43-23-7-11-29-53(43)67(57(47)58(48)68)42-36-51-45-25-9-13-31-55(45)69-59(51)52(37-42)50-28-16-27-49-46-26-10-14-32-56(46)70-60(49)50/h1-37H. The summed E-state index contributed by atoms with van der Waals surface area (Å²) in [5.41, 5.74) is 13.2. The maximum absolute atomic E-state index is 6.89. The summed E-state index contributed by atoms with van der Waals surface area (Å²) in [6.45, 7) is 0. The molecular weight excluding hydrogens is 875 g/mol. The number of hydrogen-bond donors (Lipinski definition) is 0. The van der Waals surface area contributed by atoms with Crippen LogP contribution >= 0.6 is 11.3 Å². The van der Waals surface area contributed by atoms with E-state index >= 15 is 0 Å². The van der Waals surface area contributed by atoms with Gasteiger partial charge in [-0.05, 0) is 53.6 Å². The van der Waals surface area contributed by atoms with E-state index in [0.717, 1.165) is 105 Å². The molecule has 0 aliphatic carbocycles. The highest BCUT2D eigenvalue weighted by atomic mass is 32.1. The molecule has 0 saturated heterocycles. The Morgan fingerprint density at radius 1 is 0.357 bits per heavy atom. The maximum Gasteiger partial charge on any atom is 0.238 e. The molecule has 5 aromatic heterocycles. The number of hydrogen-bond acceptors (Lipinski definition) is 5. The van der Waals surface area contributed by atoms with Crippen LogP contribution in [0.25, 0.3) is 142 Å². The number of nitrogens with zero attached hydrogens (tertiary/aromatic N) is 5. The molecule has 0 aliphatic heterocycles. The molecule has 0 fully saturated rings. The van der Waals surface area contributed by atoms with Crippen LogP contribution < -0.4 is 0 Å². The predicted molar refractivity (Wildman–Crippen MR) is 290 cm³/mol. The zero-order chi connectivity index (χ0) is 45.9. The van der Waals surface area contributed by atoms with Crippen molar-refractivity contribution >= 4 is 97.1 Å². The van der Waals surface area contributed by atoms with Crippen LogP contribution in [0.1, 0.15) is 0 Å². The highest BCUT2D eigenvalue weighted by Gasteiger charge is 2.26. The van der Waals surface area contributed by atoms with Gasteiger partial charge in [-0.15, -0.1) is 11.3 Å². The largest absolute Gasteiger partial charge is 0.455 e. The highest BCUT2D eigenvalue weighted by molar-refractivity contribution is 7.26. The van der Waals surface area contributed by atoms with Crippen molar-refractivity contribution in [3.8, 4) is 56.7 Å². The summed E-state index contributed by atoms with van der Waals surface area (Å²) in [4.78, 5) is 16.1. The van der Waals surface area contributed by atoms with Crippen molar-refractivity contribution in [1.29, 1.82) is 0 Å². The fraction of sp³-hybridized carbons (Fsp3) is 0. The monoisotopic (exact) mass is 911 g/mol. The van der Waals surface area contributed by atoms with Crippen LogP contribution in [-0.2, 0) is 0 Å². The Kier molecular flexibility index (Phi) is 8.43. The molecule has 0 unspecified atom stereocenters. The second-order valence-electron chi connectivity index (χ2n) is 17.9. The topological polar surface area (TPSA) is 61.7 Å². The average molecular weight is 912 g/mol. The molecule has 5 heterocycles. The summed E-state index contributed by atoms with van der Waals surface area (Å²) in [6.07, 6.45) is 0. The van der Waals surface area contributed by atoms with Crippen LogP contribution in [-0.4, -0.2) is 24.1 Å². The van der Waals surface area contributed by atoms with Gasteiger partial charge in [0.1, 0.15) is 11.2 Å². The van der Waals surface area contributed by atoms with E-state index in [0.29, 0.717) is 17.6 Å². The van der Waals surface area contributed by atoms with Crippen molar-refractivity contribution in [3.05, 3.63) is 224 Å². The molecule has 10 aromatic carbocycles. The molecule has 15 aromatic rings. The van der Waals surface area contributed by atoms with Crippen molar-refractivity contribution in [2.75, 3.05) is 0 Å². The molecule has 0 bridgehead atoms. The number of furan rings is 1. The van der Waals surface area contributed by atoms with Gasteiger partial charge in [0.2, 0.25) is 5.95 Å². The van der Waals surface area contributed by atoms with E-state index in [1.165, 1.54) is 20.2 Å². The molecule has 70 heavy (non-hydrogen) atoms. The first-order valence-electron chi connectivity index (χ1n) is 23.5. The molecule has 0 radical (unpaired) electrons. The first-order valence-corrected chi connectivity index (χ1v) is 24.3. The second kappa shape index (κ2) is 15.2. The van der Waals surface area contributed by atoms with Crippen molar-refractivity contribution in [3.63, 3.8) is 0 Å². The second-order valence-corrected chi connectivity index (χ2v) is 19.0. The van der Waals surface area contributed by atoms with Crippen molar-refractivity contribution < 1.29 is 4.42 Å². The van der Waals surface area contributed by atoms with Crippen molar-refractivity contribution in [2.45, 2.75) is 0 Å². The van der Waals surface area contributed by atoms with Crippen molar-refractivity contribution in [2.24, 2.45) is 0 Å². The quantitative estimate of drug-likeness (QED) is 0.167. The zero-order valence-electron chi connectivity index (χ0n) is 37.4. The van der Waals surface area contributed by atoms with E-state index < -0.39 is 0 Å². The lowest BCUT2D eigenvalue weighted by atomic mass is 9.99. The van der Waals surface area contributed by atoms with E-state index in [1.54, 1.807) is 0 Å². The molecule has 0 saturated carbocycles. The summed E-state index contributed by atoms with van der Waals surface area (Å²) < 4.78 is 14.1. The van der Waals surface area contributed by atoms with Gasteiger partial charge >= 0.3 is 0 Å². The van der Waals surface area contributed by atoms with Gasteiger partial charge in [0.15, 0.2) is 11.6 Å². The third-order valence-corrected chi connectivity index (χ3v) is 15.2. The van der Waals surface area contributed by atoms with Crippen LogP contribution in [0.3, 0.4) is 0 Å². The molecule has 0 amide bonds. The van der Waals surface area contributed by atoms with Gasteiger partial charge in [0.05, 0.1) is 22.1 Å². The van der Waals surface area contributed by atoms with E-state index in [4.69, 9.17) is 19.4 Å². The summed E-state index contributed by atoms with van der Waals surface area (Å²) in [5, 5.41) is 9.14. The Labute approximate surface area is 404 Å². The summed E-state index contributed by atoms with van der Waals surface area (Å²) in [6, 6.07) is 79.6. The first-order chi connectivity index (χ1) is 34.7. The van der Waals surface area contributed by atoms with Gasteiger partial charge in [-0.2, -0.15) is 9.97 Å². The number of rotatable bonds is 6. The van der Waals surface area contributed by atoms with Crippen LogP contribution in [0.15, 0.2) is 229 Å². The minimum absolute atomic E-state index is 0.540. The number of fused-ring (bicyclic) bond motifs is 13. The Morgan fingerprint density at radius 3 is 1.70 bits per heavy atom. The lowest BCUT2D eigenvalue weighted by Crippen LogP contribution is -2.07. The van der Waals surface area contributed by atoms with E-state index in [2.05, 4.69) is 209 Å². The lowest BCUT2D eigenvalue weighted by Gasteiger charge is -2.15. The highest BCUT2D eigenvalue weighted by Crippen LogP contribution is 2.47. The Balaban J connectivity index is 1.06. The maximum atomic E-state index is 6.89. The molecule has 7 heteroatoms. The third kappa shape index (κ3) is 5.82. The summed E-state index contributed by atoms with van der Waals surface area (Å²) >= 11 is 1.84. The number of benzene rings is 10. The van der Waals surface area contributed by atoms with Gasteiger partial charge < -0.3 is 8.98 Å². The molecule has 6 nitrogen and oxygen atoms in total. The summed E-state index contributed by atoms with van der Waals surface area (Å²) in [5.74, 6) is 1.73. The summed E-state index contributed by atoms with van der Waals surface area (Å²) in [7, 11) is 0. The first kappa shape index (κ1) is 38.9. The SMILES string of the molecule is c1ccc(-c2cccc(-c3nc(-c4ccccc4)nc(-n4c5ccccc5c5ccc6c7ccccc7n(-c7cc(-c8cccc9c8sc8ccccc89)c8oc9ccccc9c8c7)c6c54)n3)c2)cc1. The molecule has 326 valence electrons. The van der Waals surface area contributed by atoms with E-state index in [9.17, 15) is 0 Å². The minimum Gasteiger partial charge on any atom is -0.455 e. The van der Waals surface area contributed by atoms with Gasteiger partial charge in [-0.25, -0.2) is 4.98 Å². The van der Waals surface area contributed by atoms with E-state index in [-0.39, 0.29) is 0 Å². The van der Waals surface area contributed by atoms with Crippen LogP contribution in [0.4, 0.5) is 0 Å². The number of para-hydroxylation sites is 3. The lowest BCUT2D eigenvalue weighted by molar-refractivity contribution is 0.670. The van der Waals surface area contributed by atoms with Gasteiger partial charge in [-0.1, -0.05) is 182 Å². The zero-order valence-corrected chi connectivity index (χ0v) is 38.2. The predicted octanol–water partition coefficient (Wildman–Crippen LogP) is 17.0.